The minimum absolute atomic E-state index is 0.136. The summed E-state index contributed by atoms with van der Waals surface area (Å²) >= 11 is 0. The molecule has 6 heteroatoms. The number of aliphatic hydroxyl groups is 1. The molecule has 1 aromatic heterocycles. The van der Waals surface area contributed by atoms with E-state index < -0.39 is 11.7 Å². The molecule has 0 saturated carbocycles. The molecular weight excluding hydrogens is 261 g/mol. The molecule has 0 unspecified atom stereocenters. The molecule has 0 spiro atoms. The molecule has 2 rings (SSSR count). The summed E-state index contributed by atoms with van der Waals surface area (Å²) in [5.74, 6) is 3.77. The van der Waals surface area contributed by atoms with Crippen LogP contribution in [0.5, 0.6) is 0 Å². The SMILES string of the molecule is Cn1cc(NC(=O)c2ccc(C#CCO)c(F)c2)cn1. The van der Waals surface area contributed by atoms with Crippen molar-refractivity contribution in [3.63, 3.8) is 0 Å². The molecule has 102 valence electrons. The monoisotopic (exact) mass is 273 g/mol. The molecule has 0 bridgehead atoms. The van der Waals surface area contributed by atoms with E-state index in [4.69, 9.17) is 5.11 Å². The maximum Gasteiger partial charge on any atom is 0.255 e. The fraction of sp³-hybridized carbons (Fsp3) is 0.143. The van der Waals surface area contributed by atoms with Gasteiger partial charge in [0.15, 0.2) is 0 Å². The van der Waals surface area contributed by atoms with Crippen LogP contribution in [0.15, 0.2) is 30.6 Å². The number of hydrogen-bond acceptors (Lipinski definition) is 3. The smallest absolute Gasteiger partial charge is 0.255 e. The quantitative estimate of drug-likeness (QED) is 0.807. The molecule has 1 aromatic carbocycles. The van der Waals surface area contributed by atoms with Crippen molar-refractivity contribution < 1.29 is 14.3 Å². The van der Waals surface area contributed by atoms with E-state index in [1.54, 1.807) is 17.9 Å². The van der Waals surface area contributed by atoms with Gasteiger partial charge in [0.05, 0.1) is 17.4 Å². The number of carbonyl (C=O) groups is 1. The summed E-state index contributed by atoms with van der Waals surface area (Å²) in [6.45, 7) is -0.345. The van der Waals surface area contributed by atoms with Crippen molar-refractivity contribution in [1.82, 2.24) is 9.78 Å². The van der Waals surface area contributed by atoms with Gasteiger partial charge in [-0.1, -0.05) is 11.8 Å². The van der Waals surface area contributed by atoms with Crippen LogP contribution in [0.2, 0.25) is 0 Å². The number of anilines is 1. The number of aromatic nitrogens is 2. The number of amides is 1. The fourth-order valence-electron chi connectivity index (χ4n) is 1.58. The molecule has 1 heterocycles. The maximum atomic E-state index is 13.7. The van der Waals surface area contributed by atoms with Gasteiger partial charge in [0.1, 0.15) is 12.4 Å². The first-order valence-corrected chi connectivity index (χ1v) is 5.79. The molecule has 0 atom stereocenters. The molecule has 0 aliphatic heterocycles. The first-order chi connectivity index (χ1) is 9.60. The van der Waals surface area contributed by atoms with Gasteiger partial charge >= 0.3 is 0 Å². The van der Waals surface area contributed by atoms with Crippen LogP contribution in [0, 0.1) is 17.7 Å². The van der Waals surface area contributed by atoms with E-state index in [1.165, 1.54) is 18.3 Å². The average Bonchev–Trinajstić information content (AvgIpc) is 2.82. The van der Waals surface area contributed by atoms with E-state index in [-0.39, 0.29) is 17.7 Å². The lowest BCUT2D eigenvalue weighted by Gasteiger charge is -2.03. The number of halogens is 1. The minimum Gasteiger partial charge on any atom is -0.384 e. The van der Waals surface area contributed by atoms with Crippen LogP contribution in [0.3, 0.4) is 0 Å². The summed E-state index contributed by atoms with van der Waals surface area (Å²) in [4.78, 5) is 11.9. The Kier molecular flexibility index (Phi) is 4.13. The van der Waals surface area contributed by atoms with Crippen LogP contribution in [0.1, 0.15) is 15.9 Å². The lowest BCUT2D eigenvalue weighted by atomic mass is 10.1. The van der Waals surface area contributed by atoms with Crippen LogP contribution in [-0.4, -0.2) is 27.4 Å². The zero-order valence-electron chi connectivity index (χ0n) is 10.7. The molecule has 5 nitrogen and oxygen atoms in total. The number of nitrogens with zero attached hydrogens (tertiary/aromatic N) is 2. The lowest BCUT2D eigenvalue weighted by molar-refractivity contribution is 0.102. The van der Waals surface area contributed by atoms with Gasteiger partial charge in [-0.3, -0.25) is 9.48 Å². The number of benzene rings is 1. The van der Waals surface area contributed by atoms with E-state index in [9.17, 15) is 9.18 Å². The van der Waals surface area contributed by atoms with Crippen molar-refractivity contribution in [2.24, 2.45) is 7.05 Å². The molecule has 0 radical (unpaired) electrons. The highest BCUT2D eigenvalue weighted by atomic mass is 19.1. The van der Waals surface area contributed by atoms with Gasteiger partial charge in [0.25, 0.3) is 5.91 Å². The third-order valence-electron chi connectivity index (χ3n) is 2.50. The van der Waals surface area contributed by atoms with Crippen molar-refractivity contribution in [2.45, 2.75) is 0 Å². The van der Waals surface area contributed by atoms with Crippen molar-refractivity contribution in [2.75, 3.05) is 11.9 Å². The zero-order valence-corrected chi connectivity index (χ0v) is 10.7. The molecule has 0 aliphatic rings. The predicted molar refractivity (Wildman–Crippen MR) is 71.5 cm³/mol. The third kappa shape index (κ3) is 3.22. The first kappa shape index (κ1) is 13.8. The second-order valence-corrected chi connectivity index (χ2v) is 4.01. The Morgan fingerprint density at radius 3 is 2.95 bits per heavy atom. The van der Waals surface area contributed by atoms with Gasteiger partial charge in [0.2, 0.25) is 0 Å². The normalized spacial score (nSPS) is 9.75. The minimum atomic E-state index is -0.607. The number of carbonyl (C=O) groups excluding carboxylic acids is 1. The standard InChI is InChI=1S/C14H12FN3O2/c1-18-9-12(8-16-18)17-14(20)11-5-4-10(3-2-6-19)13(15)7-11/h4-5,7-9,19H,6H2,1H3,(H,17,20). The Balaban J connectivity index is 2.16. The number of hydrogen-bond donors (Lipinski definition) is 2. The van der Waals surface area contributed by atoms with Crippen LogP contribution in [-0.2, 0) is 7.05 Å². The second-order valence-electron chi connectivity index (χ2n) is 4.01. The Morgan fingerprint density at radius 1 is 1.55 bits per heavy atom. The van der Waals surface area contributed by atoms with E-state index in [0.29, 0.717) is 5.69 Å². The Hall–Kier alpha value is -2.65. The van der Waals surface area contributed by atoms with Crippen molar-refractivity contribution in [1.29, 1.82) is 0 Å². The van der Waals surface area contributed by atoms with E-state index >= 15 is 0 Å². The van der Waals surface area contributed by atoms with Gasteiger partial charge in [-0.15, -0.1) is 0 Å². The van der Waals surface area contributed by atoms with E-state index in [0.717, 1.165) is 6.07 Å². The average molecular weight is 273 g/mol. The molecule has 2 aromatic rings. The fourth-order valence-corrected chi connectivity index (χ4v) is 1.58. The topological polar surface area (TPSA) is 67.2 Å². The number of nitrogens with one attached hydrogen (secondary N) is 1. The van der Waals surface area contributed by atoms with Crippen LogP contribution in [0.25, 0.3) is 0 Å². The van der Waals surface area contributed by atoms with Crippen molar-refractivity contribution in [3.8, 4) is 11.8 Å². The van der Waals surface area contributed by atoms with Gasteiger partial charge in [-0.25, -0.2) is 4.39 Å². The summed E-state index contributed by atoms with van der Waals surface area (Å²) in [7, 11) is 1.73. The molecule has 1 amide bonds. The molecule has 2 N–H and O–H groups in total. The van der Waals surface area contributed by atoms with Crippen LogP contribution >= 0.6 is 0 Å². The molecule has 20 heavy (non-hydrogen) atoms. The largest absolute Gasteiger partial charge is 0.384 e. The van der Waals surface area contributed by atoms with Gasteiger partial charge in [-0.05, 0) is 18.2 Å². The van der Waals surface area contributed by atoms with E-state index in [2.05, 4.69) is 22.3 Å². The number of aliphatic hydroxyl groups excluding tert-OH is 1. The maximum absolute atomic E-state index is 13.7. The van der Waals surface area contributed by atoms with Gasteiger partial charge < -0.3 is 10.4 Å². The molecule has 0 aliphatic carbocycles. The summed E-state index contributed by atoms with van der Waals surface area (Å²) in [5, 5.41) is 15.1. The summed E-state index contributed by atoms with van der Waals surface area (Å²) < 4.78 is 15.2. The number of aryl methyl sites for hydroxylation is 1. The van der Waals surface area contributed by atoms with Crippen molar-refractivity contribution >= 4 is 11.6 Å². The van der Waals surface area contributed by atoms with Gasteiger partial charge in [0, 0.05) is 18.8 Å². The van der Waals surface area contributed by atoms with Gasteiger partial charge in [-0.2, -0.15) is 5.10 Å². The molecule has 0 fully saturated rings. The lowest BCUT2D eigenvalue weighted by Crippen LogP contribution is -2.11. The Labute approximate surface area is 115 Å². The highest BCUT2D eigenvalue weighted by Gasteiger charge is 2.10. The Bertz CT molecular complexity index is 698. The second kappa shape index (κ2) is 5.99. The van der Waals surface area contributed by atoms with Crippen LogP contribution in [0.4, 0.5) is 10.1 Å². The molecule has 0 saturated heterocycles. The Morgan fingerprint density at radius 2 is 2.35 bits per heavy atom. The summed E-state index contributed by atoms with van der Waals surface area (Å²) in [5.41, 5.74) is 0.847. The highest BCUT2D eigenvalue weighted by molar-refractivity contribution is 6.04. The van der Waals surface area contributed by atoms with Crippen molar-refractivity contribution in [3.05, 3.63) is 47.5 Å². The molecular formula is C14H12FN3O2. The third-order valence-corrected chi connectivity index (χ3v) is 2.50. The number of rotatable bonds is 2. The summed E-state index contributed by atoms with van der Waals surface area (Å²) in [6, 6.07) is 3.97. The predicted octanol–water partition coefficient (Wildman–Crippen LogP) is 1.16. The first-order valence-electron chi connectivity index (χ1n) is 5.79. The summed E-state index contributed by atoms with van der Waals surface area (Å²) in [6.07, 6.45) is 3.13. The zero-order chi connectivity index (χ0) is 14.5. The van der Waals surface area contributed by atoms with Crippen LogP contribution < -0.4 is 5.32 Å². The van der Waals surface area contributed by atoms with E-state index in [1.807, 2.05) is 0 Å². The highest BCUT2D eigenvalue weighted by Crippen LogP contribution is 2.12.